The molecule has 1 rings (SSSR count). The molecule has 3 nitrogen and oxygen atoms in total. The van der Waals surface area contributed by atoms with Crippen LogP contribution in [0.4, 0.5) is 4.39 Å². The summed E-state index contributed by atoms with van der Waals surface area (Å²) in [6.45, 7) is 2.01. The van der Waals surface area contributed by atoms with Crippen molar-refractivity contribution in [3.8, 4) is 0 Å². The van der Waals surface area contributed by atoms with Gasteiger partial charge in [0.05, 0.1) is 12.2 Å². The van der Waals surface area contributed by atoms with Crippen molar-refractivity contribution in [3.05, 3.63) is 11.9 Å². The van der Waals surface area contributed by atoms with Gasteiger partial charge in [-0.05, 0) is 6.42 Å². The minimum Gasteiger partial charge on any atom is -0.250 e. The molecule has 0 saturated carbocycles. The highest BCUT2D eigenvalue weighted by molar-refractivity contribution is 4.91. The standard InChI is InChI=1S/C7H12FN3/c1-2-3-7-6-11(5-4-8)10-9-7/h6H,2-5H2,1H3/i8-1. The van der Waals surface area contributed by atoms with E-state index in [1.54, 1.807) is 6.20 Å². The fourth-order valence-electron chi connectivity index (χ4n) is 0.905. The molecular formula is C7H12FN3. The van der Waals surface area contributed by atoms with Crippen molar-refractivity contribution in [1.29, 1.82) is 0 Å². The summed E-state index contributed by atoms with van der Waals surface area (Å²) in [6, 6.07) is 0. The van der Waals surface area contributed by atoms with E-state index in [9.17, 15) is 4.39 Å². The van der Waals surface area contributed by atoms with Gasteiger partial charge >= 0.3 is 0 Å². The summed E-state index contributed by atoms with van der Waals surface area (Å²) >= 11 is 0. The molecule has 1 heterocycles. The van der Waals surface area contributed by atoms with Gasteiger partial charge in [-0.25, -0.2) is 9.07 Å². The quantitative estimate of drug-likeness (QED) is 0.655. The van der Waals surface area contributed by atoms with Crippen molar-refractivity contribution in [3.63, 3.8) is 0 Å². The van der Waals surface area contributed by atoms with Crippen molar-refractivity contribution in [2.24, 2.45) is 0 Å². The second-order valence-electron chi connectivity index (χ2n) is 2.41. The van der Waals surface area contributed by atoms with Gasteiger partial charge in [-0.2, -0.15) is 0 Å². The fraction of sp³-hybridized carbons (Fsp3) is 0.714. The molecule has 0 unspecified atom stereocenters. The summed E-state index contributed by atoms with van der Waals surface area (Å²) in [5.41, 5.74) is 0.945. The van der Waals surface area contributed by atoms with Crippen LogP contribution in [-0.2, 0) is 13.0 Å². The topological polar surface area (TPSA) is 30.7 Å². The molecule has 1 aromatic rings. The van der Waals surface area contributed by atoms with E-state index < -0.39 is 0 Å². The van der Waals surface area contributed by atoms with Crippen molar-refractivity contribution in [2.75, 3.05) is 6.67 Å². The fourth-order valence-corrected chi connectivity index (χ4v) is 0.905. The zero-order valence-electron chi connectivity index (χ0n) is 6.63. The largest absolute Gasteiger partial charge is 0.250 e. The molecule has 62 valence electrons. The van der Waals surface area contributed by atoms with Crippen LogP contribution < -0.4 is 0 Å². The highest BCUT2D eigenvalue weighted by Gasteiger charge is 1.97. The number of halogens is 1. The Labute approximate surface area is 65.2 Å². The van der Waals surface area contributed by atoms with Crippen LogP contribution >= 0.6 is 0 Å². The Morgan fingerprint density at radius 1 is 1.64 bits per heavy atom. The van der Waals surface area contributed by atoms with Crippen molar-refractivity contribution in [1.82, 2.24) is 15.0 Å². The molecule has 0 saturated heterocycles. The van der Waals surface area contributed by atoms with E-state index in [1.165, 1.54) is 4.68 Å². The minimum atomic E-state index is -0.380. The predicted molar refractivity (Wildman–Crippen MR) is 40.0 cm³/mol. The van der Waals surface area contributed by atoms with Gasteiger partial charge in [-0.1, -0.05) is 18.6 Å². The molecule has 0 aromatic carbocycles. The van der Waals surface area contributed by atoms with E-state index in [1.807, 2.05) is 0 Å². The Hall–Kier alpha value is -0.930. The van der Waals surface area contributed by atoms with E-state index >= 15 is 0 Å². The third-order valence-electron chi connectivity index (χ3n) is 1.41. The zero-order chi connectivity index (χ0) is 8.10. The van der Waals surface area contributed by atoms with Gasteiger partial charge in [-0.15, -0.1) is 5.10 Å². The maximum absolute atomic E-state index is 11.8. The molecule has 11 heavy (non-hydrogen) atoms. The van der Waals surface area contributed by atoms with Crippen LogP contribution in [0.3, 0.4) is 0 Å². The molecule has 0 amide bonds. The molecule has 0 N–H and O–H groups in total. The Balaban J connectivity index is 2.51. The second-order valence-corrected chi connectivity index (χ2v) is 2.41. The van der Waals surface area contributed by atoms with Crippen LogP contribution in [0.5, 0.6) is 0 Å². The number of aryl methyl sites for hydroxylation is 2. The molecule has 1 aromatic heterocycles. The SMILES string of the molecule is CCCc1cn(CC[18F])nn1. The summed E-state index contributed by atoms with van der Waals surface area (Å²) in [4.78, 5) is 0. The van der Waals surface area contributed by atoms with Crippen molar-refractivity contribution >= 4 is 0 Å². The van der Waals surface area contributed by atoms with Crippen LogP contribution in [0.1, 0.15) is 19.0 Å². The van der Waals surface area contributed by atoms with Crippen molar-refractivity contribution in [2.45, 2.75) is 26.3 Å². The summed E-state index contributed by atoms with van der Waals surface area (Å²) in [5, 5.41) is 7.62. The lowest BCUT2D eigenvalue weighted by Gasteiger charge is -1.90. The predicted octanol–water partition coefficient (Wildman–Crippen LogP) is 1.20. The maximum atomic E-state index is 11.8. The van der Waals surface area contributed by atoms with E-state index in [4.69, 9.17) is 0 Å². The summed E-state index contributed by atoms with van der Waals surface area (Å²) in [6.07, 6.45) is 3.77. The zero-order valence-corrected chi connectivity index (χ0v) is 6.63. The van der Waals surface area contributed by atoms with Gasteiger partial charge in [0, 0.05) is 6.20 Å². The molecule has 4 heteroatoms. The highest BCUT2D eigenvalue weighted by Crippen LogP contribution is 1.96. The Morgan fingerprint density at radius 2 is 2.45 bits per heavy atom. The second kappa shape index (κ2) is 4.05. The van der Waals surface area contributed by atoms with Crippen LogP contribution in [0.25, 0.3) is 0 Å². The van der Waals surface area contributed by atoms with Gasteiger partial charge in [0.25, 0.3) is 0 Å². The number of hydrogen-bond donors (Lipinski definition) is 0. The molecule has 0 bridgehead atoms. The van der Waals surface area contributed by atoms with Gasteiger partial charge in [-0.3, -0.25) is 0 Å². The smallest absolute Gasteiger partial charge is 0.109 e. The average molecular weight is 156 g/mol. The third kappa shape index (κ3) is 2.29. The number of hydrogen-bond acceptors (Lipinski definition) is 2. The molecule has 0 atom stereocenters. The molecule has 0 aliphatic rings. The van der Waals surface area contributed by atoms with Gasteiger partial charge in [0.1, 0.15) is 6.67 Å². The lowest BCUT2D eigenvalue weighted by atomic mass is 10.3. The Kier molecular flexibility index (Phi) is 3.01. The van der Waals surface area contributed by atoms with Gasteiger partial charge in [0.2, 0.25) is 0 Å². The monoisotopic (exact) mass is 156 g/mol. The van der Waals surface area contributed by atoms with E-state index in [0.29, 0.717) is 6.54 Å². The first kappa shape index (κ1) is 8.17. The first-order valence-corrected chi connectivity index (χ1v) is 3.81. The molecule has 0 spiro atoms. The van der Waals surface area contributed by atoms with Crippen LogP contribution in [0.15, 0.2) is 6.20 Å². The lowest BCUT2D eigenvalue weighted by molar-refractivity contribution is 0.422. The lowest BCUT2D eigenvalue weighted by Crippen LogP contribution is -1.99. The van der Waals surface area contributed by atoms with E-state index in [2.05, 4.69) is 17.2 Å². The number of aromatic nitrogens is 3. The molecule has 0 fully saturated rings. The Morgan fingerprint density at radius 3 is 3.09 bits per heavy atom. The summed E-state index contributed by atoms with van der Waals surface area (Å²) in [5.74, 6) is 0. The number of alkyl halides is 1. The number of rotatable bonds is 4. The average Bonchev–Trinajstić information content (AvgIpc) is 2.38. The maximum Gasteiger partial charge on any atom is 0.109 e. The van der Waals surface area contributed by atoms with Crippen molar-refractivity contribution < 1.29 is 4.39 Å². The van der Waals surface area contributed by atoms with E-state index in [0.717, 1.165) is 18.5 Å². The summed E-state index contributed by atoms with van der Waals surface area (Å²) < 4.78 is 13.3. The summed E-state index contributed by atoms with van der Waals surface area (Å²) in [7, 11) is 0. The molecular weight excluding hydrogens is 144 g/mol. The first-order valence-electron chi connectivity index (χ1n) is 3.81. The normalized spacial score (nSPS) is 10.4. The highest BCUT2D eigenvalue weighted by atomic mass is 18.2. The Bertz CT molecular complexity index is 189. The third-order valence-corrected chi connectivity index (χ3v) is 1.41. The first-order chi connectivity index (χ1) is 5.36. The van der Waals surface area contributed by atoms with Crippen LogP contribution in [-0.4, -0.2) is 21.7 Å². The minimum absolute atomic E-state index is 0.316. The van der Waals surface area contributed by atoms with Gasteiger partial charge < -0.3 is 0 Å². The van der Waals surface area contributed by atoms with Crippen LogP contribution in [0, 0.1) is 0 Å². The molecule has 0 aliphatic heterocycles. The molecule has 0 aliphatic carbocycles. The van der Waals surface area contributed by atoms with Crippen LogP contribution in [0.2, 0.25) is 0 Å². The van der Waals surface area contributed by atoms with E-state index in [-0.39, 0.29) is 6.67 Å². The van der Waals surface area contributed by atoms with Gasteiger partial charge in [0.15, 0.2) is 0 Å². The number of nitrogens with zero attached hydrogens (tertiary/aromatic N) is 3. The molecule has 0 radical (unpaired) electrons.